The molecule has 4 aliphatic rings. The predicted molar refractivity (Wildman–Crippen MR) is 106 cm³/mol. The van der Waals surface area contributed by atoms with Crippen LogP contribution in [0.4, 0.5) is 0 Å². The number of hydrogen-bond donors (Lipinski definition) is 1. The molecule has 2 fully saturated rings. The number of nitrogens with zero attached hydrogens (tertiary/aromatic N) is 1. The van der Waals surface area contributed by atoms with Crippen molar-refractivity contribution in [3.8, 4) is 0 Å². The Kier molecular flexibility index (Phi) is 3.83. The summed E-state index contributed by atoms with van der Waals surface area (Å²) in [6, 6.07) is 9.10. The number of aliphatic hydroxyl groups is 1. The lowest BCUT2D eigenvalue weighted by atomic mass is 9.70. The number of benzene rings is 1. The molecular formula is C24H31NO. The first-order valence-electron chi connectivity index (χ1n) is 10.5. The van der Waals surface area contributed by atoms with Crippen molar-refractivity contribution in [2.45, 2.75) is 64.4 Å². The maximum absolute atomic E-state index is 11.2. The lowest BCUT2D eigenvalue weighted by molar-refractivity contribution is -0.0406. The van der Waals surface area contributed by atoms with E-state index in [2.05, 4.69) is 43.0 Å². The van der Waals surface area contributed by atoms with Gasteiger partial charge in [-0.3, -0.25) is 0 Å². The van der Waals surface area contributed by atoms with Gasteiger partial charge in [-0.25, -0.2) is 0 Å². The van der Waals surface area contributed by atoms with Crippen molar-refractivity contribution in [2.75, 3.05) is 13.1 Å². The van der Waals surface area contributed by atoms with E-state index in [-0.39, 0.29) is 0 Å². The van der Waals surface area contributed by atoms with Gasteiger partial charge in [0.05, 0.1) is 5.60 Å². The molecule has 2 aliphatic heterocycles. The lowest BCUT2D eigenvalue weighted by Crippen LogP contribution is -2.48. The summed E-state index contributed by atoms with van der Waals surface area (Å²) < 4.78 is 0. The zero-order valence-electron chi connectivity index (χ0n) is 16.2. The zero-order chi connectivity index (χ0) is 17.9. The van der Waals surface area contributed by atoms with Gasteiger partial charge in [-0.05, 0) is 78.2 Å². The summed E-state index contributed by atoms with van der Waals surface area (Å²) in [5, 5.41) is 11.2. The highest BCUT2D eigenvalue weighted by molar-refractivity contribution is 5.51. The first kappa shape index (κ1) is 16.6. The number of fused-ring (bicyclic) bond motifs is 2. The minimum atomic E-state index is -0.516. The van der Waals surface area contributed by atoms with E-state index in [1.54, 1.807) is 27.8 Å². The molecule has 2 heteroatoms. The van der Waals surface area contributed by atoms with Crippen LogP contribution in [0.15, 0.2) is 46.7 Å². The van der Waals surface area contributed by atoms with Gasteiger partial charge in [0.1, 0.15) is 0 Å². The topological polar surface area (TPSA) is 23.5 Å². The SMILES string of the molecule is CC(C)C1(O)CCN2CC3=C4C(=C2C1)CCCC4Cc1ccccc1C3. The van der Waals surface area contributed by atoms with Gasteiger partial charge in [-0.15, -0.1) is 0 Å². The van der Waals surface area contributed by atoms with Crippen LogP contribution in [-0.2, 0) is 12.8 Å². The average molecular weight is 350 g/mol. The summed E-state index contributed by atoms with van der Waals surface area (Å²) in [7, 11) is 0. The van der Waals surface area contributed by atoms with E-state index in [0.29, 0.717) is 11.8 Å². The summed E-state index contributed by atoms with van der Waals surface area (Å²) in [5.41, 5.74) is 9.08. The molecule has 0 radical (unpaired) electrons. The fourth-order valence-electron chi connectivity index (χ4n) is 5.87. The highest BCUT2D eigenvalue weighted by Gasteiger charge is 2.43. The Balaban J connectivity index is 1.60. The molecule has 2 heterocycles. The second kappa shape index (κ2) is 5.99. The standard InChI is InChI=1S/C24H31NO/c1-16(2)24(26)10-11-25-15-20-13-18-7-4-3-6-17(18)12-19-8-5-9-21(23(19)20)22(25)14-24/h3-4,6-7,16,19,26H,5,8-15H2,1-2H3. The molecule has 1 aromatic rings. The Morgan fingerprint density at radius 3 is 2.81 bits per heavy atom. The first-order valence-corrected chi connectivity index (χ1v) is 10.5. The molecule has 1 saturated heterocycles. The molecule has 1 N–H and O–H groups in total. The third-order valence-corrected chi connectivity index (χ3v) is 7.56. The second-order valence-electron chi connectivity index (χ2n) is 9.29. The van der Waals surface area contributed by atoms with Crippen molar-refractivity contribution < 1.29 is 5.11 Å². The highest BCUT2D eigenvalue weighted by atomic mass is 16.3. The normalized spacial score (nSPS) is 30.8. The molecule has 2 nitrogen and oxygen atoms in total. The van der Waals surface area contributed by atoms with Gasteiger partial charge in [0.2, 0.25) is 0 Å². The van der Waals surface area contributed by atoms with Crippen LogP contribution in [0.1, 0.15) is 57.1 Å². The fraction of sp³-hybridized carbons (Fsp3) is 0.583. The minimum absolute atomic E-state index is 0.325. The molecule has 2 atom stereocenters. The maximum Gasteiger partial charge on any atom is 0.0741 e. The van der Waals surface area contributed by atoms with Gasteiger partial charge in [-0.1, -0.05) is 38.1 Å². The van der Waals surface area contributed by atoms with Crippen LogP contribution < -0.4 is 0 Å². The van der Waals surface area contributed by atoms with E-state index >= 15 is 0 Å². The lowest BCUT2D eigenvalue weighted by Gasteiger charge is -2.48. The van der Waals surface area contributed by atoms with Crippen LogP contribution in [0.2, 0.25) is 0 Å². The predicted octanol–water partition coefficient (Wildman–Crippen LogP) is 4.63. The maximum atomic E-state index is 11.2. The van der Waals surface area contributed by atoms with Crippen molar-refractivity contribution in [1.29, 1.82) is 0 Å². The summed E-state index contributed by atoms with van der Waals surface area (Å²) in [4.78, 5) is 2.61. The molecule has 138 valence electrons. The largest absolute Gasteiger partial charge is 0.389 e. The molecule has 26 heavy (non-hydrogen) atoms. The van der Waals surface area contributed by atoms with Crippen molar-refractivity contribution in [3.05, 3.63) is 57.8 Å². The van der Waals surface area contributed by atoms with Crippen molar-refractivity contribution >= 4 is 0 Å². The highest BCUT2D eigenvalue weighted by Crippen LogP contribution is 2.49. The van der Waals surface area contributed by atoms with E-state index in [0.717, 1.165) is 32.4 Å². The molecule has 0 aromatic heterocycles. The second-order valence-corrected chi connectivity index (χ2v) is 9.29. The van der Waals surface area contributed by atoms with E-state index in [1.807, 2.05) is 0 Å². The quantitative estimate of drug-likeness (QED) is 0.799. The minimum Gasteiger partial charge on any atom is -0.389 e. The average Bonchev–Trinajstić information content (AvgIpc) is 2.79. The summed E-state index contributed by atoms with van der Waals surface area (Å²) >= 11 is 0. The van der Waals surface area contributed by atoms with E-state index < -0.39 is 5.60 Å². The van der Waals surface area contributed by atoms with Crippen LogP contribution >= 0.6 is 0 Å². The third-order valence-electron chi connectivity index (χ3n) is 7.56. The summed E-state index contributed by atoms with van der Waals surface area (Å²) in [6.07, 6.45) is 7.95. The molecule has 2 aliphatic carbocycles. The van der Waals surface area contributed by atoms with Gasteiger partial charge < -0.3 is 10.0 Å². The van der Waals surface area contributed by atoms with Gasteiger partial charge in [-0.2, -0.15) is 0 Å². The number of piperidine rings is 1. The van der Waals surface area contributed by atoms with E-state index in [4.69, 9.17) is 0 Å². The smallest absolute Gasteiger partial charge is 0.0741 e. The van der Waals surface area contributed by atoms with Crippen LogP contribution in [0.5, 0.6) is 0 Å². The summed E-state index contributed by atoms with van der Waals surface area (Å²) in [6.45, 7) is 6.46. The number of allylic oxidation sites excluding steroid dienone is 2. The Labute approximate surface area is 157 Å². The van der Waals surface area contributed by atoms with Crippen LogP contribution in [0.3, 0.4) is 0 Å². The number of rotatable bonds is 1. The van der Waals surface area contributed by atoms with Crippen molar-refractivity contribution in [1.82, 2.24) is 4.90 Å². The molecule has 1 saturated carbocycles. The van der Waals surface area contributed by atoms with Crippen molar-refractivity contribution in [2.24, 2.45) is 11.8 Å². The van der Waals surface area contributed by atoms with E-state index in [1.165, 1.54) is 31.4 Å². The van der Waals surface area contributed by atoms with Crippen LogP contribution in [0.25, 0.3) is 0 Å². The molecule has 0 spiro atoms. The molecule has 0 amide bonds. The van der Waals surface area contributed by atoms with Crippen LogP contribution in [0, 0.1) is 11.8 Å². The Morgan fingerprint density at radius 1 is 1.19 bits per heavy atom. The van der Waals surface area contributed by atoms with E-state index in [9.17, 15) is 5.11 Å². The number of hydrogen-bond acceptors (Lipinski definition) is 2. The molecular weight excluding hydrogens is 318 g/mol. The Bertz CT molecular complexity index is 802. The summed E-state index contributed by atoms with van der Waals surface area (Å²) in [5.74, 6) is 1.02. The monoisotopic (exact) mass is 349 g/mol. The van der Waals surface area contributed by atoms with Gasteiger partial charge in [0.25, 0.3) is 0 Å². The molecule has 2 unspecified atom stereocenters. The van der Waals surface area contributed by atoms with Gasteiger partial charge in [0, 0.05) is 25.2 Å². The van der Waals surface area contributed by atoms with Crippen LogP contribution in [-0.4, -0.2) is 28.7 Å². The Morgan fingerprint density at radius 2 is 2.00 bits per heavy atom. The third kappa shape index (κ3) is 2.49. The molecule has 1 aromatic carbocycles. The first-order chi connectivity index (χ1) is 12.5. The zero-order valence-corrected chi connectivity index (χ0v) is 16.2. The van der Waals surface area contributed by atoms with Gasteiger partial charge >= 0.3 is 0 Å². The molecule has 5 rings (SSSR count). The van der Waals surface area contributed by atoms with Gasteiger partial charge in [0.15, 0.2) is 0 Å². The van der Waals surface area contributed by atoms with Crippen molar-refractivity contribution in [3.63, 3.8) is 0 Å². The molecule has 0 bridgehead atoms. The fourth-order valence-corrected chi connectivity index (χ4v) is 5.87. The Hall–Kier alpha value is -1.54.